The molecule has 12 heavy (non-hydrogen) atoms. The summed E-state index contributed by atoms with van der Waals surface area (Å²) in [5, 5.41) is 0. The summed E-state index contributed by atoms with van der Waals surface area (Å²) >= 11 is 0. The first-order valence-electron chi connectivity index (χ1n) is 4.48. The SMILES string of the molecule is C=C1/C=C\C=C/CCCN(C)C1. The predicted octanol–water partition coefficient (Wildman–Crippen LogP) is 2.38. The lowest BCUT2D eigenvalue weighted by atomic mass is 10.2. The smallest absolute Gasteiger partial charge is 0.0224 e. The van der Waals surface area contributed by atoms with Crippen LogP contribution in [-0.2, 0) is 0 Å². The highest BCUT2D eigenvalue weighted by atomic mass is 15.1. The zero-order valence-corrected chi connectivity index (χ0v) is 7.79. The molecule has 1 nitrogen and oxygen atoms in total. The number of hydrogen-bond donors (Lipinski definition) is 0. The van der Waals surface area contributed by atoms with E-state index in [0.717, 1.165) is 13.1 Å². The maximum atomic E-state index is 3.98. The van der Waals surface area contributed by atoms with Gasteiger partial charge >= 0.3 is 0 Å². The van der Waals surface area contributed by atoms with Gasteiger partial charge in [0.05, 0.1) is 0 Å². The molecule has 0 bridgehead atoms. The second kappa shape index (κ2) is 4.94. The summed E-state index contributed by atoms with van der Waals surface area (Å²) in [7, 11) is 2.14. The monoisotopic (exact) mass is 163 g/mol. The minimum Gasteiger partial charge on any atom is -0.302 e. The molecule has 1 heterocycles. The summed E-state index contributed by atoms with van der Waals surface area (Å²) in [4.78, 5) is 2.31. The Labute approximate surface area is 75.1 Å². The molecule has 66 valence electrons. The molecule has 0 aromatic carbocycles. The lowest BCUT2D eigenvalue weighted by Crippen LogP contribution is -2.21. The molecule has 0 N–H and O–H groups in total. The van der Waals surface area contributed by atoms with E-state index >= 15 is 0 Å². The molecule has 0 radical (unpaired) electrons. The highest BCUT2D eigenvalue weighted by Crippen LogP contribution is 2.02. The van der Waals surface area contributed by atoms with Crippen LogP contribution in [0.15, 0.2) is 36.5 Å². The number of nitrogens with zero attached hydrogens (tertiary/aromatic N) is 1. The quantitative estimate of drug-likeness (QED) is 0.530. The van der Waals surface area contributed by atoms with Gasteiger partial charge in [-0.3, -0.25) is 0 Å². The molecule has 0 unspecified atom stereocenters. The van der Waals surface area contributed by atoms with Crippen molar-refractivity contribution in [3.05, 3.63) is 36.5 Å². The third kappa shape index (κ3) is 3.54. The van der Waals surface area contributed by atoms with Crippen molar-refractivity contribution >= 4 is 0 Å². The maximum Gasteiger partial charge on any atom is 0.0224 e. The van der Waals surface area contributed by atoms with Crippen LogP contribution in [0.4, 0.5) is 0 Å². The van der Waals surface area contributed by atoms with Gasteiger partial charge in [-0.05, 0) is 32.0 Å². The Balaban J connectivity index is 2.53. The summed E-state index contributed by atoms with van der Waals surface area (Å²) < 4.78 is 0. The van der Waals surface area contributed by atoms with E-state index in [1.807, 2.05) is 0 Å². The zero-order valence-electron chi connectivity index (χ0n) is 7.79. The Kier molecular flexibility index (Phi) is 3.81. The molecule has 0 amide bonds. The first kappa shape index (κ1) is 9.27. The predicted molar refractivity (Wildman–Crippen MR) is 54.2 cm³/mol. The standard InChI is InChI=1S/C11H17N/c1-11-8-6-4-3-5-7-9-12(2)10-11/h3-4,6,8H,1,5,7,9-10H2,2H3/b4-3-,8-6-. The normalized spacial score (nSPS) is 26.6. The summed E-state index contributed by atoms with van der Waals surface area (Å²) in [6, 6.07) is 0. The second-order valence-corrected chi connectivity index (χ2v) is 3.33. The van der Waals surface area contributed by atoms with Crippen LogP contribution in [0.3, 0.4) is 0 Å². The molecule has 0 spiro atoms. The van der Waals surface area contributed by atoms with Crippen LogP contribution in [0.1, 0.15) is 12.8 Å². The summed E-state index contributed by atoms with van der Waals surface area (Å²) in [6.45, 7) is 6.13. The highest BCUT2D eigenvalue weighted by Gasteiger charge is 1.98. The molecule has 0 aromatic rings. The zero-order chi connectivity index (χ0) is 8.81. The van der Waals surface area contributed by atoms with E-state index in [9.17, 15) is 0 Å². The van der Waals surface area contributed by atoms with Gasteiger partial charge in [0.25, 0.3) is 0 Å². The molecular weight excluding hydrogens is 146 g/mol. The van der Waals surface area contributed by atoms with Crippen molar-refractivity contribution in [3.8, 4) is 0 Å². The average Bonchev–Trinajstić information content (AvgIpc) is 2.02. The van der Waals surface area contributed by atoms with Gasteiger partial charge < -0.3 is 4.90 Å². The molecule has 0 fully saturated rings. The average molecular weight is 163 g/mol. The van der Waals surface area contributed by atoms with Crippen molar-refractivity contribution in [2.45, 2.75) is 12.8 Å². The third-order valence-corrected chi connectivity index (χ3v) is 1.96. The fourth-order valence-electron chi connectivity index (χ4n) is 1.32. The van der Waals surface area contributed by atoms with Crippen LogP contribution >= 0.6 is 0 Å². The topological polar surface area (TPSA) is 3.24 Å². The minimum absolute atomic E-state index is 0.990. The molecule has 0 aliphatic carbocycles. The highest BCUT2D eigenvalue weighted by molar-refractivity contribution is 5.20. The van der Waals surface area contributed by atoms with Gasteiger partial charge in [0.15, 0.2) is 0 Å². The molecular formula is C11H17N. The van der Waals surface area contributed by atoms with Crippen molar-refractivity contribution in [1.29, 1.82) is 0 Å². The minimum atomic E-state index is 0.990. The Bertz CT molecular complexity index is 201. The van der Waals surface area contributed by atoms with E-state index in [-0.39, 0.29) is 0 Å². The molecule has 1 aliphatic heterocycles. The summed E-state index contributed by atoms with van der Waals surface area (Å²) in [6.07, 6.45) is 10.9. The van der Waals surface area contributed by atoms with Crippen molar-refractivity contribution in [3.63, 3.8) is 0 Å². The maximum absolute atomic E-state index is 3.98. The van der Waals surface area contributed by atoms with E-state index in [4.69, 9.17) is 0 Å². The summed E-state index contributed by atoms with van der Waals surface area (Å²) in [5.41, 5.74) is 1.18. The van der Waals surface area contributed by atoms with E-state index in [0.29, 0.717) is 0 Å². The second-order valence-electron chi connectivity index (χ2n) is 3.33. The van der Waals surface area contributed by atoms with Crippen LogP contribution in [-0.4, -0.2) is 25.0 Å². The van der Waals surface area contributed by atoms with Crippen LogP contribution < -0.4 is 0 Å². The summed E-state index contributed by atoms with van der Waals surface area (Å²) in [5.74, 6) is 0. The van der Waals surface area contributed by atoms with Crippen LogP contribution in [0.2, 0.25) is 0 Å². The van der Waals surface area contributed by atoms with Crippen molar-refractivity contribution in [2.24, 2.45) is 0 Å². The lowest BCUT2D eigenvalue weighted by molar-refractivity contribution is 0.360. The largest absolute Gasteiger partial charge is 0.302 e. The van der Waals surface area contributed by atoms with Crippen molar-refractivity contribution in [2.75, 3.05) is 20.1 Å². The molecule has 1 heteroatoms. The van der Waals surface area contributed by atoms with Gasteiger partial charge in [-0.25, -0.2) is 0 Å². The van der Waals surface area contributed by atoms with Gasteiger partial charge in [0.2, 0.25) is 0 Å². The molecule has 1 rings (SSSR count). The van der Waals surface area contributed by atoms with Crippen LogP contribution in [0, 0.1) is 0 Å². The Morgan fingerprint density at radius 3 is 3.08 bits per heavy atom. The molecule has 0 saturated carbocycles. The first-order chi connectivity index (χ1) is 5.79. The van der Waals surface area contributed by atoms with E-state index < -0.39 is 0 Å². The first-order valence-corrected chi connectivity index (χ1v) is 4.48. The Morgan fingerprint density at radius 2 is 2.25 bits per heavy atom. The molecule has 1 aliphatic rings. The van der Waals surface area contributed by atoms with Gasteiger partial charge in [-0.15, -0.1) is 0 Å². The van der Waals surface area contributed by atoms with E-state index in [1.165, 1.54) is 18.4 Å². The number of rotatable bonds is 0. The number of likely N-dealkylation sites (N-methyl/N-ethyl adjacent to an activating group) is 1. The van der Waals surface area contributed by atoms with Crippen LogP contribution in [0.25, 0.3) is 0 Å². The van der Waals surface area contributed by atoms with E-state index in [2.05, 4.69) is 42.8 Å². The van der Waals surface area contributed by atoms with Gasteiger partial charge in [-0.1, -0.05) is 30.9 Å². The van der Waals surface area contributed by atoms with Crippen LogP contribution in [0.5, 0.6) is 0 Å². The molecule has 0 saturated heterocycles. The fraction of sp³-hybridized carbons (Fsp3) is 0.455. The Hall–Kier alpha value is -0.820. The van der Waals surface area contributed by atoms with Gasteiger partial charge in [-0.2, -0.15) is 0 Å². The van der Waals surface area contributed by atoms with Gasteiger partial charge in [0, 0.05) is 6.54 Å². The lowest BCUT2D eigenvalue weighted by Gasteiger charge is -2.16. The number of hydrogen-bond acceptors (Lipinski definition) is 1. The third-order valence-electron chi connectivity index (χ3n) is 1.96. The fourth-order valence-corrected chi connectivity index (χ4v) is 1.32. The molecule has 0 atom stereocenters. The van der Waals surface area contributed by atoms with Gasteiger partial charge in [0.1, 0.15) is 0 Å². The Morgan fingerprint density at radius 1 is 1.42 bits per heavy atom. The van der Waals surface area contributed by atoms with Crippen molar-refractivity contribution < 1.29 is 0 Å². The number of allylic oxidation sites excluding steroid dienone is 3. The molecule has 0 aromatic heterocycles. The van der Waals surface area contributed by atoms with Crippen molar-refractivity contribution in [1.82, 2.24) is 4.90 Å². The van der Waals surface area contributed by atoms with E-state index in [1.54, 1.807) is 0 Å².